The summed E-state index contributed by atoms with van der Waals surface area (Å²) < 4.78 is 0. The van der Waals surface area contributed by atoms with Gasteiger partial charge >= 0.3 is 0 Å². The molecule has 1 aromatic heterocycles. The zero-order valence-corrected chi connectivity index (χ0v) is 8.64. The normalized spacial score (nSPS) is 22.3. The number of nitriles is 1. The maximum atomic E-state index is 8.94. The van der Waals surface area contributed by atoms with E-state index in [1.54, 1.807) is 12.4 Å². The third-order valence-electron chi connectivity index (χ3n) is 2.66. The van der Waals surface area contributed by atoms with Crippen molar-refractivity contribution in [2.75, 3.05) is 26.7 Å². The van der Waals surface area contributed by atoms with Crippen LogP contribution in [0.25, 0.3) is 0 Å². The Bertz CT molecular complexity index is 384. The number of likely N-dealkylation sites (N-methyl/N-ethyl adjacent to an activating group) is 1. The fourth-order valence-electron chi connectivity index (χ4n) is 1.79. The molecule has 1 aliphatic rings. The number of nitrogens with one attached hydrogen (secondary N) is 1. The molecule has 0 bridgehead atoms. The first-order chi connectivity index (χ1) is 7.33. The first-order valence-corrected chi connectivity index (χ1v) is 4.95. The maximum Gasteiger partial charge on any atom is 0.163 e. The molecule has 0 amide bonds. The van der Waals surface area contributed by atoms with E-state index in [9.17, 15) is 0 Å². The maximum absolute atomic E-state index is 8.94. The third-order valence-corrected chi connectivity index (χ3v) is 2.66. The van der Waals surface area contributed by atoms with Crippen molar-refractivity contribution in [2.24, 2.45) is 0 Å². The number of hydrogen-bond acceptors (Lipinski definition) is 5. The lowest BCUT2D eigenvalue weighted by Crippen LogP contribution is -2.44. The molecule has 1 N–H and O–H groups in total. The van der Waals surface area contributed by atoms with Gasteiger partial charge in [-0.2, -0.15) is 5.26 Å². The van der Waals surface area contributed by atoms with E-state index in [4.69, 9.17) is 5.26 Å². The zero-order chi connectivity index (χ0) is 10.7. The highest BCUT2D eigenvalue weighted by atomic mass is 15.2. The number of nitrogens with zero attached hydrogens (tertiary/aromatic N) is 4. The second-order valence-electron chi connectivity index (χ2n) is 3.60. The summed E-state index contributed by atoms with van der Waals surface area (Å²) in [7, 11) is 2.04. The summed E-state index contributed by atoms with van der Waals surface area (Å²) in [4.78, 5) is 10.5. The van der Waals surface area contributed by atoms with Gasteiger partial charge in [0.15, 0.2) is 5.69 Å². The molecule has 0 aliphatic carbocycles. The summed E-state index contributed by atoms with van der Waals surface area (Å²) in [6.07, 6.45) is 3.19. The van der Waals surface area contributed by atoms with Gasteiger partial charge in [-0.25, -0.2) is 4.98 Å². The average molecular weight is 203 g/mol. The molecule has 0 spiro atoms. The summed E-state index contributed by atoms with van der Waals surface area (Å²) in [6.45, 7) is 2.77. The molecular formula is C10H13N5. The molecule has 5 nitrogen and oxygen atoms in total. The third kappa shape index (κ3) is 1.96. The topological polar surface area (TPSA) is 64.8 Å². The molecule has 1 aliphatic heterocycles. The molecule has 5 heteroatoms. The molecule has 2 rings (SSSR count). The van der Waals surface area contributed by atoms with Crippen molar-refractivity contribution in [3.63, 3.8) is 0 Å². The van der Waals surface area contributed by atoms with Gasteiger partial charge in [-0.05, 0) is 7.05 Å². The minimum atomic E-state index is 0.155. The molecule has 2 heterocycles. The SMILES string of the molecule is CN1CCNCC1c1nccnc1C#N. The molecule has 1 fully saturated rings. The second-order valence-corrected chi connectivity index (χ2v) is 3.60. The highest BCUT2D eigenvalue weighted by Crippen LogP contribution is 2.19. The molecule has 1 atom stereocenters. The van der Waals surface area contributed by atoms with Crippen molar-refractivity contribution in [1.29, 1.82) is 5.26 Å². The minimum Gasteiger partial charge on any atom is -0.313 e. The molecule has 1 unspecified atom stereocenters. The summed E-state index contributed by atoms with van der Waals surface area (Å²) in [5.74, 6) is 0. The summed E-state index contributed by atoms with van der Waals surface area (Å²) in [5, 5.41) is 12.2. The smallest absolute Gasteiger partial charge is 0.163 e. The Labute approximate surface area is 88.8 Å². The monoisotopic (exact) mass is 203 g/mol. The van der Waals surface area contributed by atoms with Crippen molar-refractivity contribution < 1.29 is 0 Å². The fourth-order valence-corrected chi connectivity index (χ4v) is 1.79. The standard InChI is InChI=1S/C10H13N5/c1-15-5-4-12-7-9(15)10-8(6-11)13-2-3-14-10/h2-3,9,12H,4-5,7H2,1H3. The lowest BCUT2D eigenvalue weighted by molar-refractivity contribution is 0.197. The van der Waals surface area contributed by atoms with E-state index >= 15 is 0 Å². The van der Waals surface area contributed by atoms with E-state index in [1.807, 2.05) is 7.05 Å². The van der Waals surface area contributed by atoms with Crippen molar-refractivity contribution in [3.05, 3.63) is 23.8 Å². The van der Waals surface area contributed by atoms with Gasteiger partial charge in [0.2, 0.25) is 0 Å². The quantitative estimate of drug-likeness (QED) is 0.692. The number of rotatable bonds is 1. The molecule has 0 saturated carbocycles. The van der Waals surface area contributed by atoms with Gasteiger partial charge in [-0.15, -0.1) is 0 Å². The number of hydrogen-bond donors (Lipinski definition) is 1. The van der Waals surface area contributed by atoms with E-state index in [0.29, 0.717) is 5.69 Å². The highest BCUT2D eigenvalue weighted by molar-refractivity contribution is 5.28. The predicted molar refractivity (Wildman–Crippen MR) is 55.0 cm³/mol. The van der Waals surface area contributed by atoms with Gasteiger partial charge in [0, 0.05) is 32.0 Å². The molecule has 15 heavy (non-hydrogen) atoms. The first kappa shape index (κ1) is 10.0. The van der Waals surface area contributed by atoms with Crippen LogP contribution in [0.5, 0.6) is 0 Å². The lowest BCUT2D eigenvalue weighted by atomic mass is 10.1. The van der Waals surface area contributed by atoms with Gasteiger partial charge in [-0.3, -0.25) is 9.88 Å². The van der Waals surface area contributed by atoms with Crippen molar-refractivity contribution >= 4 is 0 Å². The Balaban J connectivity index is 2.31. The lowest BCUT2D eigenvalue weighted by Gasteiger charge is -2.32. The Hall–Kier alpha value is -1.51. The summed E-state index contributed by atoms with van der Waals surface area (Å²) in [5.41, 5.74) is 1.20. The van der Waals surface area contributed by atoms with Gasteiger partial charge in [0.25, 0.3) is 0 Å². The molecule has 1 saturated heterocycles. The second kappa shape index (κ2) is 4.34. The van der Waals surface area contributed by atoms with Crippen LogP contribution in [0.4, 0.5) is 0 Å². The van der Waals surface area contributed by atoms with Crippen LogP contribution in [0.15, 0.2) is 12.4 Å². The van der Waals surface area contributed by atoms with Crippen LogP contribution < -0.4 is 5.32 Å². The molecular weight excluding hydrogens is 190 g/mol. The van der Waals surface area contributed by atoms with Crippen molar-refractivity contribution in [3.8, 4) is 6.07 Å². The Morgan fingerprint density at radius 2 is 2.33 bits per heavy atom. The first-order valence-electron chi connectivity index (χ1n) is 4.95. The van der Waals surface area contributed by atoms with E-state index < -0.39 is 0 Å². The largest absolute Gasteiger partial charge is 0.313 e. The minimum absolute atomic E-state index is 0.155. The van der Waals surface area contributed by atoms with E-state index in [1.165, 1.54) is 0 Å². The fraction of sp³-hybridized carbons (Fsp3) is 0.500. The number of piperazine rings is 1. The van der Waals surface area contributed by atoms with Gasteiger partial charge in [-0.1, -0.05) is 0 Å². The predicted octanol–water partition coefficient (Wildman–Crippen LogP) is -0.0756. The van der Waals surface area contributed by atoms with E-state index in [-0.39, 0.29) is 6.04 Å². The molecule has 1 aromatic rings. The molecule has 0 radical (unpaired) electrons. The number of aromatic nitrogens is 2. The van der Waals surface area contributed by atoms with Gasteiger partial charge in [0.1, 0.15) is 6.07 Å². The van der Waals surface area contributed by atoms with Crippen LogP contribution in [0.2, 0.25) is 0 Å². The van der Waals surface area contributed by atoms with Crippen molar-refractivity contribution in [1.82, 2.24) is 20.2 Å². The molecule has 78 valence electrons. The van der Waals surface area contributed by atoms with Crippen LogP contribution in [0, 0.1) is 11.3 Å². The van der Waals surface area contributed by atoms with Crippen LogP contribution >= 0.6 is 0 Å². The van der Waals surface area contributed by atoms with Crippen LogP contribution in [0.1, 0.15) is 17.4 Å². The zero-order valence-electron chi connectivity index (χ0n) is 8.64. The van der Waals surface area contributed by atoms with Gasteiger partial charge in [0.05, 0.1) is 11.7 Å². The van der Waals surface area contributed by atoms with Crippen LogP contribution in [0.3, 0.4) is 0 Å². The Morgan fingerprint density at radius 3 is 3.07 bits per heavy atom. The molecule has 0 aromatic carbocycles. The van der Waals surface area contributed by atoms with E-state index in [0.717, 1.165) is 25.3 Å². The summed E-state index contributed by atoms with van der Waals surface area (Å²) >= 11 is 0. The Morgan fingerprint density at radius 1 is 1.53 bits per heavy atom. The Kier molecular flexibility index (Phi) is 2.90. The van der Waals surface area contributed by atoms with Gasteiger partial charge < -0.3 is 5.32 Å². The highest BCUT2D eigenvalue weighted by Gasteiger charge is 2.24. The summed E-state index contributed by atoms with van der Waals surface area (Å²) in [6, 6.07) is 2.24. The van der Waals surface area contributed by atoms with Crippen LogP contribution in [-0.2, 0) is 0 Å². The van der Waals surface area contributed by atoms with Crippen molar-refractivity contribution in [2.45, 2.75) is 6.04 Å². The van der Waals surface area contributed by atoms with Crippen LogP contribution in [-0.4, -0.2) is 41.5 Å². The van der Waals surface area contributed by atoms with E-state index in [2.05, 4.69) is 26.3 Å². The average Bonchev–Trinajstić information content (AvgIpc) is 2.30.